The van der Waals surface area contributed by atoms with Crippen molar-refractivity contribution >= 4 is 29.2 Å². The molecule has 5 N–H and O–H groups in total. The number of aliphatic carboxylic acids is 1. The highest BCUT2D eigenvalue weighted by atomic mass is 16.4. The maximum Gasteiger partial charge on any atom is 0.306 e. The number of carbonyl (C=O) groups is 2. The zero-order valence-corrected chi connectivity index (χ0v) is 20.0. The van der Waals surface area contributed by atoms with Crippen LogP contribution in [0.15, 0.2) is 72.8 Å². The molecule has 1 atom stereocenters. The second-order valence-electron chi connectivity index (χ2n) is 8.96. The van der Waals surface area contributed by atoms with Gasteiger partial charge in [0.1, 0.15) is 11.2 Å². The lowest BCUT2D eigenvalue weighted by molar-refractivity contribution is -0.143. The molecule has 1 heterocycles. The van der Waals surface area contributed by atoms with Crippen molar-refractivity contribution in [3.8, 4) is 11.1 Å². The van der Waals surface area contributed by atoms with Crippen LogP contribution in [-0.2, 0) is 27.3 Å². The maximum atomic E-state index is 13.9. The largest absolute Gasteiger partial charge is 0.481 e. The SMILES string of the molecule is CC1(CC(=O)O)C(=O)N(CCc2ccccc2)C(=C=O)c2c(-c3cccc(CN)c3)cccc2N1N. The second kappa shape index (κ2) is 10.2. The number of benzene rings is 3. The van der Waals surface area contributed by atoms with E-state index < -0.39 is 23.8 Å². The molecule has 0 aromatic heterocycles. The van der Waals surface area contributed by atoms with Crippen LogP contribution in [0.25, 0.3) is 16.8 Å². The van der Waals surface area contributed by atoms with Gasteiger partial charge in [0.05, 0.1) is 12.1 Å². The summed E-state index contributed by atoms with van der Waals surface area (Å²) in [6.45, 7) is 1.96. The van der Waals surface area contributed by atoms with Gasteiger partial charge in [0.25, 0.3) is 5.91 Å². The fourth-order valence-electron chi connectivity index (χ4n) is 4.65. The minimum Gasteiger partial charge on any atom is -0.481 e. The number of hydrazine groups is 1. The molecule has 1 amide bonds. The molecular formula is C28H28N4O4. The quantitative estimate of drug-likeness (QED) is 0.347. The number of hydrogen-bond acceptors (Lipinski definition) is 6. The van der Waals surface area contributed by atoms with Crippen molar-refractivity contribution in [3.63, 3.8) is 0 Å². The molecule has 0 saturated carbocycles. The second-order valence-corrected chi connectivity index (χ2v) is 8.96. The van der Waals surface area contributed by atoms with E-state index in [1.54, 1.807) is 12.1 Å². The van der Waals surface area contributed by atoms with E-state index in [0.29, 0.717) is 29.8 Å². The predicted octanol–water partition coefficient (Wildman–Crippen LogP) is 2.98. The lowest BCUT2D eigenvalue weighted by Crippen LogP contribution is -2.60. The van der Waals surface area contributed by atoms with Crippen LogP contribution in [0.3, 0.4) is 0 Å². The summed E-state index contributed by atoms with van der Waals surface area (Å²) in [6, 6.07) is 22.4. The number of rotatable bonds is 7. The predicted molar refractivity (Wildman–Crippen MR) is 138 cm³/mol. The van der Waals surface area contributed by atoms with Crippen molar-refractivity contribution in [2.24, 2.45) is 11.6 Å². The van der Waals surface area contributed by atoms with E-state index in [0.717, 1.165) is 16.7 Å². The van der Waals surface area contributed by atoms with Gasteiger partial charge in [0.2, 0.25) is 0 Å². The molecule has 184 valence electrons. The monoisotopic (exact) mass is 484 g/mol. The average Bonchev–Trinajstić information content (AvgIpc) is 2.95. The summed E-state index contributed by atoms with van der Waals surface area (Å²) in [4.78, 5) is 39.6. The Labute approximate surface area is 209 Å². The van der Waals surface area contributed by atoms with Crippen molar-refractivity contribution in [1.29, 1.82) is 0 Å². The molecule has 4 rings (SSSR count). The normalized spacial score (nSPS) is 17.4. The van der Waals surface area contributed by atoms with Crippen LogP contribution in [0, 0.1) is 0 Å². The molecule has 0 bridgehead atoms. The summed E-state index contributed by atoms with van der Waals surface area (Å²) in [5, 5.41) is 10.8. The molecule has 0 spiro atoms. The Balaban J connectivity index is 1.94. The van der Waals surface area contributed by atoms with Crippen LogP contribution >= 0.6 is 0 Å². The van der Waals surface area contributed by atoms with Gasteiger partial charge in [-0.1, -0.05) is 60.7 Å². The van der Waals surface area contributed by atoms with Gasteiger partial charge in [-0.05, 0) is 47.7 Å². The number of amides is 1. The zero-order chi connectivity index (χ0) is 25.9. The third-order valence-electron chi connectivity index (χ3n) is 6.58. The highest BCUT2D eigenvalue weighted by Gasteiger charge is 2.48. The fraction of sp³-hybridized carbons (Fsp3) is 0.214. The van der Waals surface area contributed by atoms with Crippen LogP contribution in [0.1, 0.15) is 30.0 Å². The number of nitrogens with two attached hydrogens (primary N) is 2. The first kappa shape index (κ1) is 24.9. The van der Waals surface area contributed by atoms with E-state index in [9.17, 15) is 19.5 Å². The fourth-order valence-corrected chi connectivity index (χ4v) is 4.65. The minimum atomic E-state index is -1.65. The van der Waals surface area contributed by atoms with Crippen molar-refractivity contribution in [3.05, 3.63) is 89.5 Å². The minimum absolute atomic E-state index is 0.0178. The highest BCUT2D eigenvalue weighted by molar-refractivity contribution is 6.09. The van der Waals surface area contributed by atoms with Gasteiger partial charge in [-0.3, -0.25) is 19.5 Å². The number of hydrogen-bond donors (Lipinski definition) is 3. The van der Waals surface area contributed by atoms with Crippen LogP contribution in [0.2, 0.25) is 0 Å². The van der Waals surface area contributed by atoms with E-state index in [1.807, 2.05) is 66.6 Å². The van der Waals surface area contributed by atoms with Crippen LogP contribution in [-0.4, -0.2) is 39.9 Å². The van der Waals surface area contributed by atoms with Gasteiger partial charge >= 0.3 is 5.97 Å². The van der Waals surface area contributed by atoms with E-state index in [4.69, 9.17) is 11.6 Å². The summed E-state index contributed by atoms with van der Waals surface area (Å²) in [7, 11) is 0. The van der Waals surface area contributed by atoms with E-state index >= 15 is 0 Å². The van der Waals surface area contributed by atoms with Gasteiger partial charge < -0.3 is 10.8 Å². The van der Waals surface area contributed by atoms with Gasteiger partial charge in [-0.25, -0.2) is 10.6 Å². The molecule has 0 radical (unpaired) electrons. The van der Waals surface area contributed by atoms with Crippen molar-refractivity contribution in [2.75, 3.05) is 11.6 Å². The first-order valence-electron chi connectivity index (χ1n) is 11.6. The van der Waals surface area contributed by atoms with Gasteiger partial charge in [-0.15, -0.1) is 0 Å². The third kappa shape index (κ3) is 4.53. The summed E-state index contributed by atoms with van der Waals surface area (Å²) in [6.07, 6.45) is -0.103. The van der Waals surface area contributed by atoms with Gasteiger partial charge in [-0.2, -0.15) is 0 Å². The molecule has 1 aliphatic heterocycles. The number of fused-ring (bicyclic) bond motifs is 1. The number of carboxylic acid groups (broad SMARTS) is 1. The zero-order valence-electron chi connectivity index (χ0n) is 20.0. The van der Waals surface area contributed by atoms with E-state index in [2.05, 4.69) is 0 Å². The lowest BCUT2D eigenvalue weighted by atomic mass is 9.93. The smallest absolute Gasteiger partial charge is 0.306 e. The van der Waals surface area contributed by atoms with Crippen LogP contribution < -0.4 is 16.6 Å². The third-order valence-corrected chi connectivity index (χ3v) is 6.58. The van der Waals surface area contributed by atoms with Crippen LogP contribution in [0.4, 0.5) is 5.69 Å². The Morgan fingerprint density at radius 3 is 2.39 bits per heavy atom. The van der Waals surface area contributed by atoms with E-state index in [-0.39, 0.29) is 12.2 Å². The molecule has 0 saturated heterocycles. The Kier molecular flexibility index (Phi) is 7.03. The average molecular weight is 485 g/mol. The molecular weight excluding hydrogens is 456 g/mol. The Hall–Kier alpha value is -4.23. The molecule has 1 aliphatic rings. The Morgan fingerprint density at radius 2 is 1.72 bits per heavy atom. The maximum absolute atomic E-state index is 13.9. The standard InChI is InChI=1S/C28H28N4O4/c1-28(16-25(34)35)27(36)31(14-13-19-7-3-2-4-8-19)24(18-33)26-22(11-6-12-23(26)32(28)30)21-10-5-9-20(15-21)17-29/h2-12,15H,13-14,16-17,29-30H2,1H3,(H,34,35). The van der Waals surface area contributed by atoms with Crippen molar-refractivity contribution in [1.82, 2.24) is 4.90 Å². The van der Waals surface area contributed by atoms with Gasteiger partial charge in [0.15, 0.2) is 5.94 Å². The summed E-state index contributed by atoms with van der Waals surface area (Å²) in [5.74, 6) is 6.73. The summed E-state index contributed by atoms with van der Waals surface area (Å²) < 4.78 is 0. The first-order valence-corrected chi connectivity index (χ1v) is 11.6. The molecule has 1 unspecified atom stereocenters. The molecule has 0 aliphatic carbocycles. The molecule has 3 aromatic carbocycles. The van der Waals surface area contributed by atoms with Crippen molar-refractivity contribution < 1.29 is 19.5 Å². The number of carboxylic acids is 1. The van der Waals surface area contributed by atoms with Gasteiger partial charge in [0, 0.05) is 18.7 Å². The molecule has 36 heavy (non-hydrogen) atoms. The molecule has 3 aromatic rings. The lowest BCUT2D eigenvalue weighted by Gasteiger charge is -2.37. The van der Waals surface area contributed by atoms with E-state index in [1.165, 1.54) is 16.8 Å². The summed E-state index contributed by atoms with van der Waals surface area (Å²) in [5.41, 5.74) is 8.31. The summed E-state index contributed by atoms with van der Waals surface area (Å²) >= 11 is 0. The number of anilines is 1. The Bertz CT molecular complexity index is 1350. The highest BCUT2D eigenvalue weighted by Crippen LogP contribution is 2.43. The topological polar surface area (TPSA) is 130 Å². The van der Waals surface area contributed by atoms with Crippen LogP contribution in [0.5, 0.6) is 0 Å². The number of nitrogens with zero attached hydrogens (tertiary/aromatic N) is 2. The van der Waals surface area contributed by atoms with Crippen molar-refractivity contribution in [2.45, 2.75) is 31.8 Å². The first-order chi connectivity index (χ1) is 17.3. The number of carbonyl (C=O) groups excluding carboxylic acids is 2. The molecule has 0 fully saturated rings. The Morgan fingerprint density at radius 1 is 1.03 bits per heavy atom. The molecule has 8 nitrogen and oxygen atoms in total. The molecule has 8 heteroatoms.